The summed E-state index contributed by atoms with van der Waals surface area (Å²) in [5.74, 6) is 1.15. The highest BCUT2D eigenvalue weighted by Gasteiger charge is 2.36. The summed E-state index contributed by atoms with van der Waals surface area (Å²) < 4.78 is 49.6. The van der Waals surface area contributed by atoms with Gasteiger partial charge in [-0.2, -0.15) is 4.31 Å². The van der Waals surface area contributed by atoms with Crippen molar-refractivity contribution in [3.63, 3.8) is 0 Å². The van der Waals surface area contributed by atoms with Crippen LogP contribution in [0.15, 0.2) is 28.3 Å². The molecule has 3 heterocycles. The maximum Gasteiger partial charge on any atom is 0.243 e. The Morgan fingerprint density at radius 3 is 2.83 bits per heavy atom. The van der Waals surface area contributed by atoms with Crippen LogP contribution in [-0.2, 0) is 23.5 Å². The number of rotatable bonds is 5. The van der Waals surface area contributed by atoms with Crippen LogP contribution in [0, 0.1) is 19.8 Å². The predicted molar refractivity (Wildman–Crippen MR) is 111 cm³/mol. The Bertz CT molecular complexity index is 1020. The molecule has 158 valence electrons. The van der Waals surface area contributed by atoms with E-state index in [2.05, 4.69) is 4.98 Å². The molecule has 4 rings (SSSR count). The fraction of sp³-hybridized carbons (Fsp3) is 0.550. The number of piperidine rings is 1. The van der Waals surface area contributed by atoms with Gasteiger partial charge in [0, 0.05) is 43.9 Å². The van der Waals surface area contributed by atoms with Crippen LogP contribution >= 0.6 is 11.8 Å². The molecule has 0 spiro atoms. The normalized spacial score (nSPS) is 22.5. The molecule has 0 amide bonds. The highest BCUT2D eigenvalue weighted by Crippen LogP contribution is 2.33. The first kappa shape index (κ1) is 20.7. The van der Waals surface area contributed by atoms with Crippen molar-refractivity contribution in [1.29, 1.82) is 0 Å². The van der Waals surface area contributed by atoms with Crippen LogP contribution in [-0.4, -0.2) is 53.9 Å². The minimum atomic E-state index is -3.70. The van der Waals surface area contributed by atoms with Crippen molar-refractivity contribution in [2.45, 2.75) is 42.9 Å². The fourth-order valence-electron chi connectivity index (χ4n) is 3.80. The lowest BCUT2D eigenvalue weighted by Gasteiger charge is -2.33. The van der Waals surface area contributed by atoms with Crippen LogP contribution in [0.3, 0.4) is 0 Å². The van der Waals surface area contributed by atoms with Crippen LogP contribution in [0.25, 0.3) is 0 Å². The van der Waals surface area contributed by atoms with Gasteiger partial charge in [0.2, 0.25) is 10.0 Å². The van der Waals surface area contributed by atoms with Crippen molar-refractivity contribution in [1.82, 2.24) is 13.9 Å². The molecule has 2 aliphatic heterocycles. The van der Waals surface area contributed by atoms with Crippen LogP contribution in [0.1, 0.15) is 23.4 Å². The van der Waals surface area contributed by atoms with Crippen LogP contribution in [0.4, 0.5) is 4.39 Å². The Morgan fingerprint density at radius 1 is 1.34 bits per heavy atom. The number of alkyl halides is 1. The Hall–Kier alpha value is -1.58. The van der Waals surface area contributed by atoms with E-state index in [9.17, 15) is 12.8 Å². The first-order valence-corrected chi connectivity index (χ1v) is 12.2. The van der Waals surface area contributed by atoms with E-state index in [4.69, 9.17) is 4.74 Å². The van der Waals surface area contributed by atoms with Gasteiger partial charge in [-0.3, -0.25) is 0 Å². The lowest BCUT2D eigenvalue weighted by atomic mass is 9.98. The molecule has 1 aromatic carbocycles. The molecule has 0 radical (unpaired) electrons. The quantitative estimate of drug-likeness (QED) is 0.670. The maximum atomic E-state index is 14.9. The second kappa shape index (κ2) is 7.92. The summed E-state index contributed by atoms with van der Waals surface area (Å²) >= 11 is 1.54. The third kappa shape index (κ3) is 3.92. The molecule has 6 nitrogen and oxygen atoms in total. The summed E-state index contributed by atoms with van der Waals surface area (Å²) in [6, 6.07) is 4.92. The molecular formula is C20H26FN3O3S2. The zero-order chi connectivity index (χ0) is 20.8. The molecule has 2 aliphatic rings. The second-order valence-corrected chi connectivity index (χ2v) is 10.7. The van der Waals surface area contributed by atoms with Gasteiger partial charge in [-0.15, -0.1) is 0 Å². The van der Waals surface area contributed by atoms with Gasteiger partial charge in [0.15, 0.2) is 5.16 Å². The number of sulfonamides is 1. The summed E-state index contributed by atoms with van der Waals surface area (Å²) in [5, 5.41) is 0.877. The first-order chi connectivity index (χ1) is 13.8. The van der Waals surface area contributed by atoms with Gasteiger partial charge in [-0.25, -0.2) is 17.8 Å². The number of benzene rings is 1. The van der Waals surface area contributed by atoms with E-state index in [1.807, 2.05) is 25.5 Å². The van der Waals surface area contributed by atoms with Crippen molar-refractivity contribution in [2.75, 3.05) is 25.4 Å². The lowest BCUT2D eigenvalue weighted by molar-refractivity contribution is 0.146. The van der Waals surface area contributed by atoms with Gasteiger partial charge < -0.3 is 9.30 Å². The number of hydrogen-bond donors (Lipinski definition) is 0. The van der Waals surface area contributed by atoms with Crippen molar-refractivity contribution in [2.24, 2.45) is 13.0 Å². The van der Waals surface area contributed by atoms with E-state index >= 15 is 0 Å². The molecule has 29 heavy (non-hydrogen) atoms. The van der Waals surface area contributed by atoms with Gasteiger partial charge in [0.1, 0.15) is 11.9 Å². The van der Waals surface area contributed by atoms with E-state index in [1.165, 1.54) is 4.31 Å². The maximum absolute atomic E-state index is 14.9. The Balaban J connectivity index is 1.41. The Kier molecular flexibility index (Phi) is 5.65. The van der Waals surface area contributed by atoms with Crippen molar-refractivity contribution in [3.05, 3.63) is 35.2 Å². The molecule has 0 N–H and O–H groups in total. The van der Waals surface area contributed by atoms with Gasteiger partial charge in [-0.1, -0.05) is 11.8 Å². The molecule has 9 heteroatoms. The second-order valence-electron chi connectivity index (χ2n) is 7.73. The molecule has 2 atom stereocenters. The summed E-state index contributed by atoms with van der Waals surface area (Å²) in [6.45, 7) is 4.79. The average molecular weight is 440 g/mol. The van der Waals surface area contributed by atoms with E-state index in [0.29, 0.717) is 31.7 Å². The number of aromatic nitrogens is 2. The fourth-order valence-corrected chi connectivity index (χ4v) is 6.58. The molecule has 1 saturated heterocycles. The van der Waals surface area contributed by atoms with Crippen LogP contribution < -0.4 is 4.74 Å². The Labute approximate surface area is 175 Å². The van der Waals surface area contributed by atoms with E-state index in [-0.39, 0.29) is 17.4 Å². The van der Waals surface area contributed by atoms with E-state index in [0.717, 1.165) is 27.9 Å². The topological polar surface area (TPSA) is 64.4 Å². The molecule has 2 unspecified atom stereocenters. The summed E-state index contributed by atoms with van der Waals surface area (Å²) in [6.07, 6.45) is 0.0194. The zero-order valence-corrected chi connectivity index (χ0v) is 18.5. The van der Waals surface area contributed by atoms with Crippen molar-refractivity contribution < 1.29 is 17.5 Å². The van der Waals surface area contributed by atoms with E-state index < -0.39 is 16.2 Å². The van der Waals surface area contributed by atoms with E-state index in [1.54, 1.807) is 30.0 Å². The summed E-state index contributed by atoms with van der Waals surface area (Å²) in [4.78, 5) is 4.75. The lowest BCUT2D eigenvalue weighted by Crippen LogP contribution is -2.45. The standard InChI is InChI=1S/C20H26FN3O3S2/c1-13-14(2)23(3)20(22-13)28-12-16-6-8-24(11-18(16)21)29(25,26)17-4-5-19-15(10-17)7-9-27-19/h4-5,10,16,18H,6-9,11-12H2,1-3H3. The smallest absolute Gasteiger partial charge is 0.243 e. The number of imidazole rings is 1. The predicted octanol–water partition coefficient (Wildman–Crippen LogP) is 3.11. The molecule has 2 aromatic rings. The van der Waals surface area contributed by atoms with Gasteiger partial charge in [0.25, 0.3) is 0 Å². The number of halogens is 1. The minimum absolute atomic E-state index is 0.0975. The number of nitrogens with zero attached hydrogens (tertiary/aromatic N) is 3. The minimum Gasteiger partial charge on any atom is -0.493 e. The number of aryl methyl sites for hydroxylation is 1. The van der Waals surface area contributed by atoms with Crippen LogP contribution in [0.5, 0.6) is 5.75 Å². The molecule has 1 fully saturated rings. The van der Waals surface area contributed by atoms with Crippen molar-refractivity contribution >= 4 is 21.8 Å². The highest BCUT2D eigenvalue weighted by molar-refractivity contribution is 7.99. The number of ether oxygens (including phenoxy) is 1. The molecule has 0 aliphatic carbocycles. The van der Waals surface area contributed by atoms with Crippen molar-refractivity contribution in [3.8, 4) is 5.75 Å². The molecule has 0 saturated carbocycles. The molecular weight excluding hydrogens is 413 g/mol. The third-order valence-electron chi connectivity index (χ3n) is 5.94. The largest absolute Gasteiger partial charge is 0.493 e. The Morgan fingerprint density at radius 2 is 2.14 bits per heavy atom. The third-order valence-corrected chi connectivity index (χ3v) is 9.02. The number of fused-ring (bicyclic) bond motifs is 1. The highest BCUT2D eigenvalue weighted by atomic mass is 32.2. The first-order valence-electron chi connectivity index (χ1n) is 9.80. The van der Waals surface area contributed by atoms with Gasteiger partial charge >= 0.3 is 0 Å². The summed E-state index contributed by atoms with van der Waals surface area (Å²) in [5.41, 5.74) is 2.98. The van der Waals surface area contributed by atoms with Gasteiger partial charge in [-0.05, 0) is 44.0 Å². The molecule has 0 bridgehead atoms. The number of hydrogen-bond acceptors (Lipinski definition) is 5. The van der Waals surface area contributed by atoms with Crippen LogP contribution in [0.2, 0.25) is 0 Å². The van der Waals surface area contributed by atoms with Gasteiger partial charge in [0.05, 0.1) is 17.2 Å². The average Bonchev–Trinajstić information content (AvgIpc) is 3.26. The summed E-state index contributed by atoms with van der Waals surface area (Å²) in [7, 11) is -1.74. The number of thioether (sulfide) groups is 1. The molecule has 1 aromatic heterocycles. The SMILES string of the molecule is Cc1nc(SCC2CCN(S(=O)(=O)c3ccc4c(c3)CCO4)CC2F)n(C)c1C. The zero-order valence-electron chi connectivity index (χ0n) is 16.9. The monoisotopic (exact) mass is 439 g/mol.